The minimum atomic E-state index is -0.0694. The summed E-state index contributed by atoms with van der Waals surface area (Å²) in [7, 11) is 3.97. The van der Waals surface area contributed by atoms with Gasteiger partial charge in [-0.2, -0.15) is 0 Å². The number of carbonyl (C=O) groups excluding carboxylic acids is 2. The summed E-state index contributed by atoms with van der Waals surface area (Å²) in [5, 5.41) is 2.76. The van der Waals surface area contributed by atoms with Gasteiger partial charge in [0, 0.05) is 37.5 Å². The van der Waals surface area contributed by atoms with Crippen LogP contribution in [0.1, 0.15) is 29.3 Å². The Hall–Kier alpha value is -2.88. The molecule has 1 amide bonds. The van der Waals surface area contributed by atoms with Crippen LogP contribution >= 0.6 is 0 Å². The molecule has 2 aromatic rings. The van der Waals surface area contributed by atoms with Crippen LogP contribution in [0.15, 0.2) is 54.6 Å². The third kappa shape index (κ3) is 4.81. The molecule has 4 heteroatoms. The smallest absolute Gasteiger partial charge is 0.224 e. The monoisotopic (exact) mass is 322 g/mol. The standard InChI is InChI=1S/C20H22N2O2/c1-4-20(24)21-17-10-8-16(9-11-17)19(23)14-7-15-5-12-18(13-6-15)22(2)3/h5-14H,4H2,1-3H3,(H,21,24). The molecule has 4 nitrogen and oxygen atoms in total. The van der Waals surface area contributed by atoms with Gasteiger partial charge in [0.25, 0.3) is 0 Å². The molecule has 0 bridgehead atoms. The fourth-order valence-electron chi connectivity index (χ4n) is 2.12. The van der Waals surface area contributed by atoms with Crippen molar-refractivity contribution in [1.82, 2.24) is 0 Å². The summed E-state index contributed by atoms with van der Waals surface area (Å²) in [4.78, 5) is 25.6. The molecule has 0 heterocycles. The maximum absolute atomic E-state index is 12.2. The van der Waals surface area contributed by atoms with Crippen LogP contribution in [0.5, 0.6) is 0 Å². The van der Waals surface area contributed by atoms with Crippen LogP contribution in [-0.2, 0) is 4.79 Å². The molecule has 0 aliphatic heterocycles. The van der Waals surface area contributed by atoms with Crippen molar-refractivity contribution < 1.29 is 9.59 Å². The Kier molecular flexibility index (Phi) is 5.90. The van der Waals surface area contributed by atoms with E-state index in [1.807, 2.05) is 43.3 Å². The average Bonchev–Trinajstić information content (AvgIpc) is 2.60. The van der Waals surface area contributed by atoms with E-state index in [0.717, 1.165) is 11.3 Å². The fraction of sp³-hybridized carbons (Fsp3) is 0.200. The lowest BCUT2D eigenvalue weighted by molar-refractivity contribution is -0.115. The van der Waals surface area contributed by atoms with Crippen molar-refractivity contribution in [1.29, 1.82) is 0 Å². The van der Waals surface area contributed by atoms with Crippen molar-refractivity contribution in [3.05, 3.63) is 65.7 Å². The number of amides is 1. The van der Waals surface area contributed by atoms with Gasteiger partial charge in [-0.05, 0) is 48.0 Å². The van der Waals surface area contributed by atoms with E-state index in [4.69, 9.17) is 0 Å². The van der Waals surface area contributed by atoms with Crippen molar-refractivity contribution in [3.8, 4) is 0 Å². The number of carbonyl (C=O) groups is 2. The molecule has 0 spiro atoms. The molecule has 0 aliphatic carbocycles. The molecule has 0 aliphatic rings. The maximum atomic E-state index is 12.2. The predicted molar refractivity (Wildman–Crippen MR) is 99.5 cm³/mol. The lowest BCUT2D eigenvalue weighted by Gasteiger charge is -2.11. The second-order valence-corrected chi connectivity index (χ2v) is 5.66. The number of ketones is 1. The third-order valence-corrected chi connectivity index (χ3v) is 3.61. The highest BCUT2D eigenvalue weighted by molar-refractivity contribution is 6.07. The van der Waals surface area contributed by atoms with E-state index < -0.39 is 0 Å². The van der Waals surface area contributed by atoms with Gasteiger partial charge >= 0.3 is 0 Å². The zero-order chi connectivity index (χ0) is 17.5. The van der Waals surface area contributed by atoms with E-state index in [-0.39, 0.29) is 11.7 Å². The highest BCUT2D eigenvalue weighted by Gasteiger charge is 2.03. The first-order chi connectivity index (χ1) is 11.5. The topological polar surface area (TPSA) is 49.4 Å². The Labute approximate surface area is 142 Å². The number of nitrogens with one attached hydrogen (secondary N) is 1. The summed E-state index contributed by atoms with van der Waals surface area (Å²) in [6.07, 6.45) is 3.79. The molecular formula is C20H22N2O2. The summed E-state index contributed by atoms with van der Waals surface area (Å²) in [5.41, 5.74) is 3.37. The van der Waals surface area contributed by atoms with Gasteiger partial charge in [-0.3, -0.25) is 9.59 Å². The second kappa shape index (κ2) is 8.11. The second-order valence-electron chi connectivity index (χ2n) is 5.66. The molecule has 2 aromatic carbocycles. The molecular weight excluding hydrogens is 300 g/mol. The van der Waals surface area contributed by atoms with Crippen molar-refractivity contribution in [2.45, 2.75) is 13.3 Å². The van der Waals surface area contributed by atoms with Crippen LogP contribution < -0.4 is 10.2 Å². The normalized spacial score (nSPS) is 10.6. The van der Waals surface area contributed by atoms with E-state index in [1.54, 1.807) is 43.3 Å². The van der Waals surface area contributed by atoms with E-state index in [0.29, 0.717) is 17.7 Å². The van der Waals surface area contributed by atoms with Gasteiger partial charge in [0.15, 0.2) is 5.78 Å². The summed E-state index contributed by atoms with van der Waals surface area (Å²) in [6.45, 7) is 1.79. The first-order valence-corrected chi connectivity index (χ1v) is 7.89. The third-order valence-electron chi connectivity index (χ3n) is 3.61. The molecule has 0 atom stereocenters. The number of hydrogen-bond acceptors (Lipinski definition) is 3. The Morgan fingerprint density at radius 3 is 2.17 bits per heavy atom. The Bertz CT molecular complexity index is 729. The molecule has 0 radical (unpaired) electrons. The summed E-state index contributed by atoms with van der Waals surface area (Å²) < 4.78 is 0. The van der Waals surface area contributed by atoms with Crippen molar-refractivity contribution >= 4 is 29.1 Å². The largest absolute Gasteiger partial charge is 0.378 e. The van der Waals surface area contributed by atoms with Gasteiger partial charge in [0.2, 0.25) is 5.91 Å². The van der Waals surface area contributed by atoms with Gasteiger partial charge in [0.05, 0.1) is 0 Å². The zero-order valence-electron chi connectivity index (χ0n) is 14.2. The zero-order valence-corrected chi connectivity index (χ0v) is 14.2. The van der Waals surface area contributed by atoms with Crippen LogP contribution in [-0.4, -0.2) is 25.8 Å². The summed E-state index contributed by atoms with van der Waals surface area (Å²) in [6, 6.07) is 14.9. The molecule has 124 valence electrons. The minimum Gasteiger partial charge on any atom is -0.378 e. The Balaban J connectivity index is 2.02. The lowest BCUT2D eigenvalue weighted by Crippen LogP contribution is -2.09. The van der Waals surface area contributed by atoms with Crippen molar-refractivity contribution in [2.75, 3.05) is 24.3 Å². The first kappa shape index (κ1) is 17.5. The van der Waals surface area contributed by atoms with Crippen LogP contribution in [0.3, 0.4) is 0 Å². The fourth-order valence-corrected chi connectivity index (χ4v) is 2.12. The van der Waals surface area contributed by atoms with E-state index in [9.17, 15) is 9.59 Å². The van der Waals surface area contributed by atoms with Gasteiger partial charge < -0.3 is 10.2 Å². The number of rotatable bonds is 6. The highest BCUT2D eigenvalue weighted by atomic mass is 16.1. The molecule has 0 unspecified atom stereocenters. The number of allylic oxidation sites excluding steroid dienone is 1. The molecule has 2 rings (SSSR count). The lowest BCUT2D eigenvalue weighted by atomic mass is 10.1. The average molecular weight is 322 g/mol. The van der Waals surface area contributed by atoms with Gasteiger partial charge in [-0.15, -0.1) is 0 Å². The van der Waals surface area contributed by atoms with Crippen LogP contribution in [0.4, 0.5) is 11.4 Å². The van der Waals surface area contributed by atoms with Gasteiger partial charge in [0.1, 0.15) is 0 Å². The molecule has 0 aromatic heterocycles. The summed E-state index contributed by atoms with van der Waals surface area (Å²) in [5.74, 6) is -0.116. The molecule has 24 heavy (non-hydrogen) atoms. The number of benzene rings is 2. The quantitative estimate of drug-likeness (QED) is 0.646. The van der Waals surface area contributed by atoms with Crippen LogP contribution in [0.2, 0.25) is 0 Å². The highest BCUT2D eigenvalue weighted by Crippen LogP contribution is 2.14. The van der Waals surface area contributed by atoms with Crippen molar-refractivity contribution in [3.63, 3.8) is 0 Å². The predicted octanol–water partition coefficient (Wildman–Crippen LogP) is 4.00. The van der Waals surface area contributed by atoms with E-state index >= 15 is 0 Å². The first-order valence-electron chi connectivity index (χ1n) is 7.89. The van der Waals surface area contributed by atoms with E-state index in [2.05, 4.69) is 5.32 Å². The number of nitrogens with zero attached hydrogens (tertiary/aromatic N) is 1. The van der Waals surface area contributed by atoms with Gasteiger partial charge in [-0.25, -0.2) is 0 Å². The number of hydrogen-bond donors (Lipinski definition) is 1. The molecule has 1 N–H and O–H groups in total. The number of anilines is 2. The molecule has 0 fully saturated rings. The van der Waals surface area contributed by atoms with Crippen LogP contribution in [0.25, 0.3) is 6.08 Å². The van der Waals surface area contributed by atoms with Crippen molar-refractivity contribution in [2.24, 2.45) is 0 Å². The Morgan fingerprint density at radius 2 is 1.62 bits per heavy atom. The van der Waals surface area contributed by atoms with Crippen LogP contribution in [0, 0.1) is 0 Å². The molecule has 0 saturated heterocycles. The molecule has 0 saturated carbocycles. The maximum Gasteiger partial charge on any atom is 0.224 e. The summed E-state index contributed by atoms with van der Waals surface area (Å²) >= 11 is 0. The van der Waals surface area contributed by atoms with E-state index in [1.165, 1.54) is 0 Å². The SMILES string of the molecule is CCC(=O)Nc1ccc(C(=O)C=Cc2ccc(N(C)C)cc2)cc1. The Morgan fingerprint density at radius 1 is 1.00 bits per heavy atom. The van der Waals surface area contributed by atoms with Gasteiger partial charge in [-0.1, -0.05) is 25.1 Å². The minimum absolute atomic E-state index is 0.0462.